The second kappa shape index (κ2) is 13.9. The fourth-order valence-electron chi connectivity index (χ4n) is 6.83. The Balaban J connectivity index is 1.37. The molecule has 2 aromatic heterocycles. The van der Waals surface area contributed by atoms with Crippen LogP contribution >= 0.6 is 0 Å². The molecule has 0 fully saturated rings. The number of phenols is 1. The highest BCUT2D eigenvalue weighted by Gasteiger charge is 2.23. The van der Waals surface area contributed by atoms with Crippen molar-refractivity contribution < 1.29 is 16.1 Å². The molecular weight excluding hydrogens is 659 g/mol. The van der Waals surface area contributed by atoms with E-state index < -0.39 is 42.5 Å². The number of pyridine rings is 1. The molecular formula is C50H45N3O. The lowest BCUT2D eigenvalue weighted by Crippen LogP contribution is -2.11. The molecule has 0 spiro atoms. The van der Waals surface area contributed by atoms with Crippen LogP contribution in [0, 0.1) is 6.85 Å². The fourth-order valence-corrected chi connectivity index (χ4v) is 6.83. The minimum atomic E-state index is -2.82. The Bertz CT molecular complexity index is 3000. The molecule has 0 unspecified atom stereocenters. The summed E-state index contributed by atoms with van der Waals surface area (Å²) < 4.78 is 69.3. The first kappa shape index (κ1) is 26.5. The Morgan fingerprint density at radius 3 is 2.17 bits per heavy atom. The average Bonchev–Trinajstić information content (AvgIpc) is 3.62. The summed E-state index contributed by atoms with van der Waals surface area (Å²) in [6.45, 7) is 7.27. The molecule has 4 nitrogen and oxygen atoms in total. The van der Waals surface area contributed by atoms with Crippen molar-refractivity contribution in [1.29, 1.82) is 0 Å². The Labute approximate surface area is 329 Å². The SMILES string of the molecule is [2H]c1c([2H])c(C([2H])([2H])[2H])c([2H])c([2H])c1-c1ccnc(-c2cc(-c3cccc4c3nc(-c3ccccc3O)n4-c3cc(-c4ccccc4)cc(C([2H])(C)C)c3)cc(C(C)(C)C)c2)c1. The maximum absolute atomic E-state index is 11.3. The van der Waals surface area contributed by atoms with Gasteiger partial charge in [-0.15, -0.1) is 0 Å². The molecule has 0 atom stereocenters. The van der Waals surface area contributed by atoms with E-state index in [9.17, 15) is 5.11 Å². The Morgan fingerprint density at radius 1 is 0.685 bits per heavy atom. The summed E-state index contributed by atoms with van der Waals surface area (Å²) in [5.41, 5.74) is 8.89. The smallest absolute Gasteiger partial charge is 0.149 e. The number of fused-ring (bicyclic) bond motifs is 1. The van der Waals surface area contributed by atoms with E-state index in [1.54, 1.807) is 30.5 Å². The number of para-hydroxylation sites is 2. The van der Waals surface area contributed by atoms with Crippen LogP contribution in [0.25, 0.3) is 72.7 Å². The standard InChI is InChI=1S/C50H45N3O/c1-32(2)37-25-38(34-13-8-7-9-14-34)30-42(29-37)53-46-17-12-16-43(48(46)52-49(53)44-15-10-11-18-47(44)54)39-26-40(28-41(27-39)50(4,5)6)45-31-36(23-24-51-45)35-21-19-33(3)20-22-35/h7-32,54H,1-6H3/i3D3,19D,20D,21D,22D,32D. The lowest BCUT2D eigenvalue weighted by atomic mass is 9.83. The number of phenolic OH excluding ortho intramolecular Hbond substituents is 1. The van der Waals surface area contributed by atoms with E-state index >= 15 is 0 Å². The Kier molecular flexibility index (Phi) is 6.84. The number of aromatic hydroxyl groups is 1. The predicted molar refractivity (Wildman–Crippen MR) is 225 cm³/mol. The molecule has 8 aromatic rings. The second-order valence-corrected chi connectivity index (χ2v) is 14.8. The molecule has 0 saturated carbocycles. The quantitative estimate of drug-likeness (QED) is 0.179. The molecule has 54 heavy (non-hydrogen) atoms. The van der Waals surface area contributed by atoms with Gasteiger partial charge in [-0.3, -0.25) is 9.55 Å². The summed E-state index contributed by atoms with van der Waals surface area (Å²) >= 11 is 0. The van der Waals surface area contributed by atoms with Crippen LogP contribution in [0.3, 0.4) is 0 Å². The van der Waals surface area contributed by atoms with E-state index in [0.717, 1.165) is 50.1 Å². The van der Waals surface area contributed by atoms with Crippen LogP contribution in [0.5, 0.6) is 5.75 Å². The molecule has 6 aromatic carbocycles. The molecule has 0 saturated heterocycles. The van der Waals surface area contributed by atoms with Crippen molar-refractivity contribution in [3.8, 4) is 67.5 Å². The van der Waals surface area contributed by atoms with Crippen molar-refractivity contribution in [2.24, 2.45) is 0 Å². The van der Waals surface area contributed by atoms with E-state index in [0.29, 0.717) is 28.2 Å². The molecule has 0 aliphatic rings. The van der Waals surface area contributed by atoms with Crippen LogP contribution in [-0.4, -0.2) is 19.6 Å². The number of benzene rings is 6. The first-order valence-corrected chi connectivity index (χ1v) is 18.0. The lowest BCUT2D eigenvalue weighted by molar-refractivity contribution is 0.477. The van der Waals surface area contributed by atoms with Gasteiger partial charge in [0.25, 0.3) is 0 Å². The summed E-state index contributed by atoms with van der Waals surface area (Å²) in [4.78, 5) is 10.0. The molecule has 266 valence electrons. The van der Waals surface area contributed by atoms with E-state index in [1.165, 1.54) is 0 Å². The van der Waals surface area contributed by atoms with E-state index in [2.05, 4.69) is 39.0 Å². The van der Waals surface area contributed by atoms with Gasteiger partial charge in [0.1, 0.15) is 11.6 Å². The Hall–Kier alpha value is -6.26. The maximum Gasteiger partial charge on any atom is 0.149 e. The maximum atomic E-state index is 11.3. The number of nitrogens with zero attached hydrogens (tertiary/aromatic N) is 3. The number of aromatic nitrogens is 3. The highest BCUT2D eigenvalue weighted by atomic mass is 16.3. The number of hydrogen-bond acceptors (Lipinski definition) is 3. The van der Waals surface area contributed by atoms with Gasteiger partial charge in [0, 0.05) is 28.5 Å². The molecule has 4 heteroatoms. The van der Waals surface area contributed by atoms with Gasteiger partial charge in [-0.1, -0.05) is 131 Å². The topological polar surface area (TPSA) is 50.9 Å². The molecule has 0 radical (unpaired) electrons. The fraction of sp³-hybridized carbons (Fsp3) is 0.160. The zero-order valence-electron chi connectivity index (χ0n) is 38.9. The summed E-state index contributed by atoms with van der Waals surface area (Å²) in [5, 5.41) is 11.3. The van der Waals surface area contributed by atoms with Gasteiger partial charge in [0.05, 0.1) is 27.8 Å². The van der Waals surface area contributed by atoms with Gasteiger partial charge in [0.15, 0.2) is 0 Å². The van der Waals surface area contributed by atoms with Crippen molar-refractivity contribution in [3.05, 3.63) is 168 Å². The molecule has 1 N–H and O–H groups in total. The zero-order valence-corrected chi connectivity index (χ0v) is 30.9. The summed E-state index contributed by atoms with van der Waals surface area (Å²) in [5.74, 6) is -0.330. The largest absolute Gasteiger partial charge is 0.507 e. The normalized spacial score (nSPS) is 14.3. The third kappa shape index (κ3) is 6.72. The van der Waals surface area contributed by atoms with Crippen LogP contribution in [0.2, 0.25) is 0 Å². The van der Waals surface area contributed by atoms with Crippen LogP contribution in [0.1, 0.15) is 68.2 Å². The van der Waals surface area contributed by atoms with Crippen molar-refractivity contribution in [1.82, 2.24) is 14.5 Å². The predicted octanol–water partition coefficient (Wildman–Crippen LogP) is 13.2. The first-order chi connectivity index (χ1) is 29.2. The van der Waals surface area contributed by atoms with E-state index in [4.69, 9.17) is 20.9 Å². The van der Waals surface area contributed by atoms with E-state index in [1.807, 2.05) is 97.3 Å². The lowest BCUT2D eigenvalue weighted by Gasteiger charge is -2.22. The van der Waals surface area contributed by atoms with Crippen LogP contribution in [0.15, 0.2) is 152 Å². The van der Waals surface area contributed by atoms with Gasteiger partial charge < -0.3 is 5.11 Å². The molecule has 0 bridgehead atoms. The van der Waals surface area contributed by atoms with Gasteiger partial charge in [-0.2, -0.15) is 0 Å². The van der Waals surface area contributed by atoms with Crippen molar-refractivity contribution in [3.63, 3.8) is 0 Å². The summed E-state index contributed by atoms with van der Waals surface area (Å²) in [6, 6.07) is 36.8. The molecule has 0 amide bonds. The molecule has 0 aliphatic carbocycles. The van der Waals surface area contributed by atoms with Crippen LogP contribution in [0.4, 0.5) is 0 Å². The average molecular weight is 712 g/mol. The van der Waals surface area contributed by atoms with Gasteiger partial charge in [-0.05, 0) is 112 Å². The molecule has 0 aliphatic heterocycles. The summed E-state index contributed by atoms with van der Waals surface area (Å²) in [7, 11) is 0. The summed E-state index contributed by atoms with van der Waals surface area (Å²) in [6.07, 6.45) is 1.55. The molecule has 8 rings (SSSR count). The highest BCUT2D eigenvalue weighted by Crippen LogP contribution is 2.41. The number of imidazole rings is 1. The van der Waals surface area contributed by atoms with Crippen molar-refractivity contribution >= 4 is 11.0 Å². The Morgan fingerprint density at radius 2 is 1.43 bits per heavy atom. The third-order valence-corrected chi connectivity index (χ3v) is 9.77. The first-order valence-electron chi connectivity index (χ1n) is 22.0. The second-order valence-electron chi connectivity index (χ2n) is 14.8. The van der Waals surface area contributed by atoms with Crippen LogP contribution < -0.4 is 0 Å². The van der Waals surface area contributed by atoms with Gasteiger partial charge in [0.2, 0.25) is 0 Å². The van der Waals surface area contributed by atoms with Crippen LogP contribution in [-0.2, 0) is 5.41 Å². The highest BCUT2D eigenvalue weighted by molar-refractivity contribution is 5.97. The minimum absolute atomic E-state index is 0.0100. The van der Waals surface area contributed by atoms with Gasteiger partial charge in [-0.25, -0.2) is 4.98 Å². The van der Waals surface area contributed by atoms with E-state index in [-0.39, 0.29) is 16.7 Å². The van der Waals surface area contributed by atoms with Crippen molar-refractivity contribution in [2.75, 3.05) is 0 Å². The molecule has 2 heterocycles. The minimum Gasteiger partial charge on any atom is -0.507 e. The third-order valence-electron chi connectivity index (χ3n) is 9.77. The number of hydrogen-bond donors (Lipinski definition) is 1. The van der Waals surface area contributed by atoms with Crippen molar-refractivity contribution in [2.45, 2.75) is 52.8 Å². The number of rotatable bonds is 7. The van der Waals surface area contributed by atoms with Gasteiger partial charge >= 0.3 is 0 Å². The zero-order chi connectivity index (χ0) is 44.5. The monoisotopic (exact) mass is 711 g/mol.